The van der Waals surface area contributed by atoms with E-state index >= 15 is 0 Å². The molecule has 1 saturated carbocycles. The molecule has 0 amide bonds. The molecule has 2 aromatic rings. The lowest BCUT2D eigenvalue weighted by molar-refractivity contribution is 0.0697. The van der Waals surface area contributed by atoms with Crippen LogP contribution < -0.4 is 10.2 Å². The van der Waals surface area contributed by atoms with Crippen LogP contribution in [0.25, 0.3) is 0 Å². The van der Waals surface area contributed by atoms with Gasteiger partial charge in [0.1, 0.15) is 11.4 Å². The molecule has 2 fully saturated rings. The van der Waals surface area contributed by atoms with Crippen LogP contribution in [0.3, 0.4) is 0 Å². The number of aromatic carboxylic acids is 1. The zero-order valence-electron chi connectivity index (χ0n) is 14.8. The lowest BCUT2D eigenvalue weighted by Gasteiger charge is -2.18. The first-order chi connectivity index (χ1) is 13.0. The van der Waals surface area contributed by atoms with Crippen LogP contribution in [-0.4, -0.2) is 39.2 Å². The maximum atomic E-state index is 11.5. The van der Waals surface area contributed by atoms with Gasteiger partial charge in [0, 0.05) is 30.9 Å². The van der Waals surface area contributed by atoms with E-state index in [-0.39, 0.29) is 12.2 Å². The smallest absolute Gasteiger partial charge is 0.341 e. The highest BCUT2D eigenvalue weighted by Gasteiger charge is 2.48. The van der Waals surface area contributed by atoms with E-state index in [0.29, 0.717) is 34.3 Å². The maximum Gasteiger partial charge on any atom is 0.341 e. The first kappa shape index (κ1) is 18.0. The summed E-state index contributed by atoms with van der Waals surface area (Å²) in [4.78, 5) is 22.4. The van der Waals surface area contributed by atoms with Crippen molar-refractivity contribution in [2.24, 2.45) is 5.41 Å². The van der Waals surface area contributed by atoms with E-state index in [1.807, 2.05) is 6.07 Å². The number of aliphatic hydroxyl groups excluding tert-OH is 1. The standard InChI is InChI=1S/C19H21ClN4O3/c20-15-7-12(1-2-13(15)10-25)8-21-16-14(17(26)27)9-22-18(23-16)24-6-5-19(11-24)3-4-19/h1-2,7,9,25H,3-6,8,10-11H2,(H,26,27)(H,21,22,23). The summed E-state index contributed by atoms with van der Waals surface area (Å²) in [7, 11) is 0. The van der Waals surface area contributed by atoms with Crippen LogP contribution in [0.15, 0.2) is 24.4 Å². The number of carboxylic acid groups (broad SMARTS) is 1. The number of halogens is 1. The Kier molecular flexibility index (Phi) is 4.65. The molecule has 0 bridgehead atoms. The molecule has 3 N–H and O–H groups in total. The minimum absolute atomic E-state index is 0.0390. The molecular weight excluding hydrogens is 368 g/mol. The van der Waals surface area contributed by atoms with E-state index < -0.39 is 5.97 Å². The number of carboxylic acids is 1. The van der Waals surface area contributed by atoms with Gasteiger partial charge in [0.05, 0.1) is 6.61 Å². The van der Waals surface area contributed by atoms with E-state index in [2.05, 4.69) is 20.2 Å². The second-order valence-corrected chi connectivity index (χ2v) is 7.75. The van der Waals surface area contributed by atoms with Gasteiger partial charge in [0.25, 0.3) is 0 Å². The van der Waals surface area contributed by atoms with Crippen LogP contribution in [0, 0.1) is 5.41 Å². The summed E-state index contributed by atoms with van der Waals surface area (Å²) in [6, 6.07) is 5.34. The highest BCUT2D eigenvalue weighted by atomic mass is 35.5. The van der Waals surface area contributed by atoms with Crippen molar-refractivity contribution >= 4 is 29.3 Å². The largest absolute Gasteiger partial charge is 0.477 e. The molecule has 0 radical (unpaired) electrons. The predicted molar refractivity (Wildman–Crippen MR) is 102 cm³/mol. The molecule has 0 unspecified atom stereocenters. The van der Waals surface area contributed by atoms with Crippen LogP contribution in [0.1, 0.15) is 40.7 Å². The van der Waals surface area contributed by atoms with Crippen molar-refractivity contribution in [3.05, 3.63) is 46.1 Å². The van der Waals surface area contributed by atoms with Gasteiger partial charge < -0.3 is 20.4 Å². The monoisotopic (exact) mass is 388 g/mol. The van der Waals surface area contributed by atoms with E-state index in [1.165, 1.54) is 19.0 Å². The van der Waals surface area contributed by atoms with E-state index in [4.69, 9.17) is 11.6 Å². The third kappa shape index (κ3) is 3.70. The van der Waals surface area contributed by atoms with Crippen molar-refractivity contribution in [3.8, 4) is 0 Å². The Morgan fingerprint density at radius 2 is 2.15 bits per heavy atom. The summed E-state index contributed by atoms with van der Waals surface area (Å²) >= 11 is 6.12. The molecule has 2 aliphatic rings. The fourth-order valence-electron chi connectivity index (χ4n) is 3.52. The molecule has 1 saturated heterocycles. The number of hydrogen-bond acceptors (Lipinski definition) is 6. The highest BCUT2D eigenvalue weighted by Crippen LogP contribution is 2.53. The van der Waals surface area contributed by atoms with Crippen LogP contribution in [0.5, 0.6) is 0 Å². The summed E-state index contributed by atoms with van der Waals surface area (Å²) in [5.41, 5.74) is 2.00. The Morgan fingerprint density at radius 3 is 2.78 bits per heavy atom. The second kappa shape index (κ2) is 6.98. The third-order valence-corrected chi connectivity index (χ3v) is 5.78. The van der Waals surface area contributed by atoms with Crippen LogP contribution in [0.2, 0.25) is 5.02 Å². The molecule has 1 spiro atoms. The molecule has 4 rings (SSSR count). The van der Waals surface area contributed by atoms with Gasteiger partial charge in [-0.25, -0.2) is 9.78 Å². The van der Waals surface area contributed by atoms with Gasteiger partial charge in [-0.15, -0.1) is 0 Å². The molecule has 2 heterocycles. The minimum atomic E-state index is -1.07. The summed E-state index contributed by atoms with van der Waals surface area (Å²) in [5, 5.41) is 22.2. The normalized spacial score (nSPS) is 17.3. The molecule has 7 nitrogen and oxygen atoms in total. The topological polar surface area (TPSA) is 98.6 Å². The Labute approximate surface area is 162 Å². The van der Waals surface area contributed by atoms with Gasteiger partial charge in [-0.2, -0.15) is 4.98 Å². The van der Waals surface area contributed by atoms with Gasteiger partial charge in [0.2, 0.25) is 5.95 Å². The number of rotatable bonds is 6. The predicted octanol–water partition coefficient (Wildman–Crippen LogP) is 2.92. The molecule has 1 aliphatic carbocycles. The number of nitrogens with zero attached hydrogens (tertiary/aromatic N) is 3. The number of aliphatic hydroxyl groups is 1. The molecular formula is C19H21ClN4O3. The number of nitrogens with one attached hydrogen (secondary N) is 1. The zero-order valence-corrected chi connectivity index (χ0v) is 15.5. The summed E-state index contributed by atoms with van der Waals surface area (Å²) in [6.45, 7) is 2.09. The minimum Gasteiger partial charge on any atom is -0.477 e. The van der Waals surface area contributed by atoms with Crippen LogP contribution in [0.4, 0.5) is 11.8 Å². The Morgan fingerprint density at radius 1 is 1.33 bits per heavy atom. The Bertz CT molecular complexity index is 885. The zero-order chi connectivity index (χ0) is 19.0. The lowest BCUT2D eigenvalue weighted by Crippen LogP contribution is -2.23. The average molecular weight is 389 g/mol. The average Bonchev–Trinajstić information content (AvgIpc) is 3.28. The number of carbonyl (C=O) groups is 1. The van der Waals surface area contributed by atoms with Gasteiger partial charge in [-0.3, -0.25) is 0 Å². The van der Waals surface area contributed by atoms with Crippen molar-refractivity contribution in [2.45, 2.75) is 32.4 Å². The first-order valence-electron chi connectivity index (χ1n) is 8.97. The quantitative estimate of drug-likeness (QED) is 0.699. The second-order valence-electron chi connectivity index (χ2n) is 7.35. The molecule has 1 aromatic heterocycles. The van der Waals surface area contributed by atoms with Crippen molar-refractivity contribution in [3.63, 3.8) is 0 Å². The molecule has 8 heteroatoms. The Balaban J connectivity index is 1.53. The Hall–Kier alpha value is -2.38. The maximum absolute atomic E-state index is 11.5. The summed E-state index contributed by atoms with van der Waals surface area (Å²) in [5.74, 6) is -0.204. The van der Waals surface area contributed by atoms with Gasteiger partial charge in [-0.05, 0) is 41.9 Å². The van der Waals surface area contributed by atoms with E-state index in [9.17, 15) is 15.0 Å². The van der Waals surface area contributed by atoms with Crippen LogP contribution in [-0.2, 0) is 13.2 Å². The van der Waals surface area contributed by atoms with Crippen molar-refractivity contribution < 1.29 is 15.0 Å². The summed E-state index contributed by atoms with van der Waals surface area (Å²) in [6.07, 6.45) is 5.03. The first-order valence-corrected chi connectivity index (χ1v) is 9.35. The lowest BCUT2D eigenvalue weighted by atomic mass is 10.1. The van der Waals surface area contributed by atoms with Crippen LogP contribution >= 0.6 is 11.6 Å². The number of hydrogen-bond donors (Lipinski definition) is 3. The summed E-state index contributed by atoms with van der Waals surface area (Å²) < 4.78 is 0. The fourth-order valence-corrected chi connectivity index (χ4v) is 3.78. The number of aromatic nitrogens is 2. The molecule has 27 heavy (non-hydrogen) atoms. The number of benzene rings is 1. The molecule has 0 atom stereocenters. The van der Waals surface area contributed by atoms with Gasteiger partial charge in [-0.1, -0.05) is 23.7 Å². The van der Waals surface area contributed by atoms with Crippen molar-refractivity contribution in [1.82, 2.24) is 9.97 Å². The molecule has 1 aliphatic heterocycles. The number of anilines is 2. The van der Waals surface area contributed by atoms with E-state index in [0.717, 1.165) is 25.1 Å². The molecule has 1 aromatic carbocycles. The van der Waals surface area contributed by atoms with E-state index in [1.54, 1.807) is 12.1 Å². The fraction of sp³-hybridized carbons (Fsp3) is 0.421. The SMILES string of the molecule is O=C(O)c1cnc(N2CCC3(CC3)C2)nc1NCc1ccc(CO)c(Cl)c1. The third-order valence-electron chi connectivity index (χ3n) is 5.43. The highest BCUT2D eigenvalue weighted by molar-refractivity contribution is 6.31. The van der Waals surface area contributed by atoms with Gasteiger partial charge >= 0.3 is 5.97 Å². The van der Waals surface area contributed by atoms with Gasteiger partial charge in [0.15, 0.2) is 0 Å². The van der Waals surface area contributed by atoms with Crippen molar-refractivity contribution in [2.75, 3.05) is 23.3 Å². The molecule has 142 valence electrons. The van der Waals surface area contributed by atoms with Crippen molar-refractivity contribution in [1.29, 1.82) is 0 Å².